The highest BCUT2D eigenvalue weighted by Gasteiger charge is 2.19. The maximum absolute atomic E-state index is 12.3. The van der Waals surface area contributed by atoms with Crippen molar-refractivity contribution >= 4 is 46.4 Å². The molecular weight excluding hydrogens is 389 g/mol. The van der Waals surface area contributed by atoms with Crippen molar-refractivity contribution in [2.75, 3.05) is 12.4 Å². The monoisotopic (exact) mass is 407 g/mol. The summed E-state index contributed by atoms with van der Waals surface area (Å²) in [7, 11) is 1.44. The van der Waals surface area contributed by atoms with E-state index in [9.17, 15) is 9.59 Å². The zero-order valence-corrected chi connectivity index (χ0v) is 16.3. The van der Waals surface area contributed by atoms with E-state index < -0.39 is 12.0 Å². The van der Waals surface area contributed by atoms with E-state index in [1.807, 2.05) is 18.2 Å². The Bertz CT molecular complexity index is 841. The molecule has 0 saturated heterocycles. The van der Waals surface area contributed by atoms with Gasteiger partial charge in [0.05, 0.1) is 16.5 Å². The average Bonchev–Trinajstić information content (AvgIpc) is 2.64. The summed E-state index contributed by atoms with van der Waals surface area (Å²) in [6, 6.07) is 13.8. The van der Waals surface area contributed by atoms with Gasteiger partial charge in [0.25, 0.3) is 5.91 Å². The van der Waals surface area contributed by atoms with Gasteiger partial charge in [-0.15, -0.1) is 0 Å². The summed E-state index contributed by atoms with van der Waals surface area (Å²) in [4.78, 5) is 24.3. The largest absolute Gasteiger partial charge is 0.367 e. The Morgan fingerprint density at radius 2 is 1.81 bits per heavy atom. The number of nitrogens with one attached hydrogen (secondary N) is 2. The maximum Gasteiger partial charge on any atom is 0.273 e. The van der Waals surface area contributed by atoms with Crippen molar-refractivity contribution in [1.82, 2.24) is 5.43 Å². The third kappa shape index (κ3) is 6.36. The van der Waals surface area contributed by atoms with Crippen LogP contribution in [0.1, 0.15) is 25.0 Å². The van der Waals surface area contributed by atoms with E-state index in [-0.39, 0.29) is 12.3 Å². The summed E-state index contributed by atoms with van der Waals surface area (Å²) < 4.78 is 5.23. The first-order chi connectivity index (χ1) is 12.9. The molecule has 2 rings (SSSR count). The van der Waals surface area contributed by atoms with Gasteiger partial charge in [0.15, 0.2) is 6.10 Å². The zero-order chi connectivity index (χ0) is 19.8. The smallest absolute Gasteiger partial charge is 0.273 e. The van der Waals surface area contributed by atoms with Crippen LogP contribution >= 0.6 is 23.2 Å². The van der Waals surface area contributed by atoms with Crippen LogP contribution in [0.25, 0.3) is 0 Å². The molecule has 0 aliphatic rings. The Hall–Kier alpha value is -2.41. The molecule has 0 bridgehead atoms. The van der Waals surface area contributed by atoms with Crippen LogP contribution in [0.15, 0.2) is 53.6 Å². The summed E-state index contributed by atoms with van der Waals surface area (Å²) in [6.45, 7) is 1.64. The van der Waals surface area contributed by atoms with Crippen molar-refractivity contribution in [2.45, 2.75) is 19.4 Å². The molecule has 8 heteroatoms. The van der Waals surface area contributed by atoms with E-state index in [2.05, 4.69) is 15.8 Å². The highest BCUT2D eigenvalue weighted by Crippen LogP contribution is 2.25. The topological polar surface area (TPSA) is 79.8 Å². The number of carbonyl (C=O) groups is 2. The molecule has 0 radical (unpaired) electrons. The molecule has 0 aromatic heterocycles. The first-order valence-corrected chi connectivity index (χ1v) is 8.82. The molecule has 0 unspecified atom stereocenters. The van der Waals surface area contributed by atoms with Crippen LogP contribution in [0.3, 0.4) is 0 Å². The lowest BCUT2D eigenvalue weighted by atomic mass is 10.1. The Labute approximate surface area is 167 Å². The van der Waals surface area contributed by atoms with Crippen LogP contribution in [-0.4, -0.2) is 24.6 Å². The number of nitrogens with zero attached hydrogens (tertiary/aromatic N) is 1. The fraction of sp³-hybridized carbons (Fsp3) is 0.211. The van der Waals surface area contributed by atoms with Crippen molar-refractivity contribution in [3.8, 4) is 0 Å². The SMILES string of the molecule is CO[C@H](C(=O)NN=C(C)CC(=O)Nc1ccc(Cl)c(Cl)c1)c1ccccc1. The number of hydrogen-bond donors (Lipinski definition) is 2. The third-order valence-electron chi connectivity index (χ3n) is 3.55. The van der Waals surface area contributed by atoms with Crippen LogP contribution in [0.5, 0.6) is 0 Å². The predicted octanol–water partition coefficient (Wildman–Crippen LogP) is 4.20. The van der Waals surface area contributed by atoms with Crippen molar-refractivity contribution in [3.05, 3.63) is 64.1 Å². The first kappa shape index (κ1) is 20.9. The van der Waals surface area contributed by atoms with Crippen molar-refractivity contribution in [1.29, 1.82) is 0 Å². The van der Waals surface area contributed by atoms with Gasteiger partial charge in [-0.3, -0.25) is 9.59 Å². The number of amides is 2. The molecule has 27 heavy (non-hydrogen) atoms. The van der Waals surface area contributed by atoms with E-state index in [4.69, 9.17) is 27.9 Å². The third-order valence-corrected chi connectivity index (χ3v) is 4.29. The van der Waals surface area contributed by atoms with Crippen molar-refractivity contribution in [3.63, 3.8) is 0 Å². The van der Waals surface area contributed by atoms with Gasteiger partial charge in [0.1, 0.15) is 0 Å². The standard InChI is InChI=1S/C19H19Cl2N3O3/c1-12(10-17(25)22-14-8-9-15(20)16(21)11-14)23-24-19(26)18(27-2)13-6-4-3-5-7-13/h3-9,11,18H,10H2,1-2H3,(H,22,25)(H,24,26)/t18-/m0/s1. The molecule has 142 valence electrons. The summed E-state index contributed by atoms with van der Waals surface area (Å²) in [6.07, 6.45) is -0.781. The Morgan fingerprint density at radius 1 is 1.11 bits per heavy atom. The number of methoxy groups -OCH3 is 1. The number of ether oxygens (including phenoxy) is 1. The van der Waals surface area contributed by atoms with E-state index in [0.717, 1.165) is 0 Å². The van der Waals surface area contributed by atoms with E-state index >= 15 is 0 Å². The molecule has 2 amide bonds. The minimum Gasteiger partial charge on any atom is -0.367 e. The Morgan fingerprint density at radius 3 is 2.44 bits per heavy atom. The molecule has 0 saturated carbocycles. The normalized spacial score (nSPS) is 12.4. The van der Waals surface area contributed by atoms with Crippen LogP contribution < -0.4 is 10.7 Å². The van der Waals surface area contributed by atoms with E-state index in [1.165, 1.54) is 7.11 Å². The molecule has 2 N–H and O–H groups in total. The number of benzene rings is 2. The summed E-state index contributed by atoms with van der Waals surface area (Å²) >= 11 is 11.8. The molecule has 0 heterocycles. The number of anilines is 1. The second-order valence-electron chi connectivity index (χ2n) is 5.70. The lowest BCUT2D eigenvalue weighted by molar-refractivity contribution is -0.131. The molecule has 2 aromatic rings. The Kier molecular flexibility index (Phi) is 7.79. The minimum absolute atomic E-state index is 0.00348. The fourth-order valence-electron chi connectivity index (χ4n) is 2.28. The zero-order valence-electron chi connectivity index (χ0n) is 14.8. The lowest BCUT2D eigenvalue weighted by Crippen LogP contribution is -2.28. The van der Waals surface area contributed by atoms with E-state index in [1.54, 1.807) is 37.3 Å². The lowest BCUT2D eigenvalue weighted by Gasteiger charge is -2.14. The van der Waals surface area contributed by atoms with Gasteiger partial charge < -0.3 is 10.1 Å². The van der Waals surface area contributed by atoms with E-state index in [0.29, 0.717) is 27.0 Å². The summed E-state index contributed by atoms with van der Waals surface area (Å²) in [5.74, 6) is -0.719. The highest BCUT2D eigenvalue weighted by molar-refractivity contribution is 6.42. The molecular formula is C19H19Cl2N3O3. The van der Waals surface area contributed by atoms with Crippen molar-refractivity contribution < 1.29 is 14.3 Å². The van der Waals surface area contributed by atoms with Gasteiger partial charge in [-0.05, 0) is 30.7 Å². The number of hydrazone groups is 1. The molecule has 1 atom stereocenters. The van der Waals surface area contributed by atoms with Gasteiger partial charge in [-0.2, -0.15) is 5.10 Å². The highest BCUT2D eigenvalue weighted by atomic mass is 35.5. The predicted molar refractivity (Wildman–Crippen MR) is 107 cm³/mol. The number of carbonyl (C=O) groups excluding carboxylic acids is 2. The number of hydrogen-bond acceptors (Lipinski definition) is 4. The fourth-order valence-corrected chi connectivity index (χ4v) is 2.58. The van der Waals surface area contributed by atoms with Gasteiger partial charge in [-0.25, -0.2) is 5.43 Å². The Balaban J connectivity index is 1.91. The number of rotatable bonds is 7. The van der Waals surface area contributed by atoms with Crippen molar-refractivity contribution in [2.24, 2.45) is 5.10 Å². The van der Waals surface area contributed by atoms with Gasteiger partial charge in [0.2, 0.25) is 5.91 Å². The molecule has 0 aliphatic carbocycles. The molecule has 0 spiro atoms. The van der Waals surface area contributed by atoms with Crippen LogP contribution in [0.4, 0.5) is 5.69 Å². The molecule has 0 aliphatic heterocycles. The second kappa shape index (κ2) is 10.1. The molecule has 6 nitrogen and oxygen atoms in total. The average molecular weight is 408 g/mol. The van der Waals surface area contributed by atoms with Gasteiger partial charge in [0, 0.05) is 18.5 Å². The maximum atomic E-state index is 12.3. The number of halogens is 2. The molecule has 0 fully saturated rings. The van der Waals surface area contributed by atoms with Gasteiger partial charge >= 0.3 is 0 Å². The van der Waals surface area contributed by atoms with Gasteiger partial charge in [-0.1, -0.05) is 53.5 Å². The van der Waals surface area contributed by atoms with Crippen LogP contribution in [-0.2, 0) is 14.3 Å². The quantitative estimate of drug-likeness (QED) is 0.532. The first-order valence-electron chi connectivity index (χ1n) is 8.06. The minimum atomic E-state index is -0.784. The van der Waals surface area contributed by atoms with Crippen LogP contribution in [0.2, 0.25) is 10.0 Å². The molecule has 2 aromatic carbocycles. The van der Waals surface area contributed by atoms with Crippen LogP contribution in [0, 0.1) is 0 Å². The summed E-state index contributed by atoms with van der Waals surface area (Å²) in [5.41, 5.74) is 4.09. The summed E-state index contributed by atoms with van der Waals surface area (Å²) in [5, 5.41) is 7.40. The second-order valence-corrected chi connectivity index (χ2v) is 6.52.